The molecule has 0 saturated carbocycles. The largest absolute Gasteiger partial charge is 0.320 e. The Morgan fingerprint density at radius 1 is 1.19 bits per heavy atom. The first kappa shape index (κ1) is 11.8. The second-order valence-corrected chi connectivity index (χ2v) is 6.12. The Hall–Kier alpha value is -0.640. The number of rotatable bonds is 2. The van der Waals surface area contributed by atoms with E-state index in [0.717, 1.165) is 10.0 Å². The van der Waals surface area contributed by atoms with E-state index >= 15 is 0 Å². The van der Waals surface area contributed by atoms with Gasteiger partial charge >= 0.3 is 0 Å². The molecule has 0 saturated heterocycles. The number of nitrogens with two attached hydrogens (primary N) is 1. The lowest BCUT2D eigenvalue weighted by Crippen LogP contribution is -2.10. The Morgan fingerprint density at radius 3 is 2.50 bits per heavy atom. The zero-order chi connectivity index (χ0) is 11.7. The topological polar surface area (TPSA) is 26.0 Å². The fourth-order valence-corrected chi connectivity index (χ4v) is 3.30. The van der Waals surface area contributed by atoms with Gasteiger partial charge in [0.2, 0.25) is 0 Å². The maximum Gasteiger partial charge on any atom is 0.0657 e. The smallest absolute Gasteiger partial charge is 0.0657 e. The van der Waals surface area contributed by atoms with Crippen LogP contribution in [0.4, 0.5) is 0 Å². The van der Waals surface area contributed by atoms with Crippen LogP contribution in [-0.2, 0) is 0 Å². The zero-order valence-electron chi connectivity index (χ0n) is 9.33. The monoisotopic (exact) mass is 295 g/mol. The molecule has 0 amide bonds. The standard InChI is InChI=1S/C13H14BrNS/c1-8-3-5-10(11(14)7-8)13(15)12-6-4-9(2)16-12/h3-7,13H,15H2,1-2H3. The highest BCUT2D eigenvalue weighted by atomic mass is 79.9. The molecule has 1 heterocycles. The molecule has 1 nitrogen and oxygen atoms in total. The number of aryl methyl sites for hydroxylation is 2. The summed E-state index contributed by atoms with van der Waals surface area (Å²) in [5.41, 5.74) is 8.65. The molecule has 1 aromatic carbocycles. The van der Waals surface area contributed by atoms with Crippen LogP contribution in [-0.4, -0.2) is 0 Å². The molecule has 0 spiro atoms. The van der Waals surface area contributed by atoms with Gasteiger partial charge in [0.15, 0.2) is 0 Å². The van der Waals surface area contributed by atoms with Gasteiger partial charge in [-0.15, -0.1) is 11.3 Å². The molecule has 0 aliphatic heterocycles. The van der Waals surface area contributed by atoms with Crippen LogP contribution in [0.25, 0.3) is 0 Å². The molecular formula is C13H14BrNS. The summed E-state index contributed by atoms with van der Waals surface area (Å²) in [6, 6.07) is 10.5. The van der Waals surface area contributed by atoms with E-state index in [9.17, 15) is 0 Å². The Labute approximate surface area is 108 Å². The van der Waals surface area contributed by atoms with Gasteiger partial charge in [-0.05, 0) is 43.2 Å². The average molecular weight is 296 g/mol. The third-order valence-corrected chi connectivity index (χ3v) is 4.33. The van der Waals surface area contributed by atoms with Crippen molar-refractivity contribution in [2.75, 3.05) is 0 Å². The summed E-state index contributed by atoms with van der Waals surface area (Å²) in [5, 5.41) is 0. The van der Waals surface area contributed by atoms with Gasteiger partial charge in [0.25, 0.3) is 0 Å². The number of benzene rings is 1. The molecule has 16 heavy (non-hydrogen) atoms. The van der Waals surface area contributed by atoms with Crippen LogP contribution >= 0.6 is 27.3 Å². The molecule has 3 heteroatoms. The van der Waals surface area contributed by atoms with Gasteiger partial charge < -0.3 is 5.73 Å². The molecule has 2 rings (SSSR count). The quantitative estimate of drug-likeness (QED) is 0.884. The summed E-state index contributed by atoms with van der Waals surface area (Å²) < 4.78 is 1.09. The summed E-state index contributed by atoms with van der Waals surface area (Å²) in [4.78, 5) is 2.51. The first-order chi connectivity index (χ1) is 7.58. The molecule has 0 fully saturated rings. The third kappa shape index (κ3) is 2.37. The van der Waals surface area contributed by atoms with Crippen molar-refractivity contribution >= 4 is 27.3 Å². The molecule has 0 aliphatic rings. The lowest BCUT2D eigenvalue weighted by atomic mass is 10.0. The molecule has 0 aliphatic carbocycles. The minimum atomic E-state index is -0.0336. The zero-order valence-corrected chi connectivity index (χ0v) is 11.7. The summed E-state index contributed by atoms with van der Waals surface area (Å²) in [5.74, 6) is 0. The van der Waals surface area contributed by atoms with Crippen LogP contribution in [0.2, 0.25) is 0 Å². The normalized spacial score (nSPS) is 12.8. The lowest BCUT2D eigenvalue weighted by molar-refractivity contribution is 0.886. The van der Waals surface area contributed by atoms with Crippen LogP contribution in [0, 0.1) is 13.8 Å². The Kier molecular flexibility index (Phi) is 3.47. The Balaban J connectivity index is 2.37. The molecule has 2 N–H and O–H groups in total. The van der Waals surface area contributed by atoms with Gasteiger partial charge in [0.05, 0.1) is 6.04 Å². The van der Waals surface area contributed by atoms with Crippen molar-refractivity contribution in [3.63, 3.8) is 0 Å². The van der Waals surface area contributed by atoms with Gasteiger partial charge in [0.1, 0.15) is 0 Å². The van der Waals surface area contributed by atoms with E-state index in [-0.39, 0.29) is 6.04 Å². The van der Waals surface area contributed by atoms with E-state index in [1.807, 2.05) is 0 Å². The maximum absolute atomic E-state index is 6.26. The molecule has 1 atom stereocenters. The maximum atomic E-state index is 6.26. The molecule has 84 valence electrons. The molecule has 1 aromatic heterocycles. The van der Waals surface area contributed by atoms with Crippen LogP contribution in [0.5, 0.6) is 0 Å². The fourth-order valence-electron chi connectivity index (χ4n) is 1.66. The minimum absolute atomic E-state index is 0.0336. The predicted octanol–water partition coefficient (Wildman–Crippen LogP) is 4.18. The van der Waals surface area contributed by atoms with Crippen LogP contribution < -0.4 is 5.73 Å². The number of halogens is 1. The van der Waals surface area contributed by atoms with E-state index in [0.29, 0.717) is 0 Å². The van der Waals surface area contributed by atoms with Gasteiger partial charge in [-0.3, -0.25) is 0 Å². The average Bonchev–Trinajstić information content (AvgIpc) is 2.64. The van der Waals surface area contributed by atoms with Crippen molar-refractivity contribution in [1.82, 2.24) is 0 Å². The molecule has 1 unspecified atom stereocenters. The van der Waals surface area contributed by atoms with Crippen molar-refractivity contribution in [3.8, 4) is 0 Å². The first-order valence-electron chi connectivity index (χ1n) is 5.16. The van der Waals surface area contributed by atoms with E-state index in [2.05, 4.69) is 60.1 Å². The van der Waals surface area contributed by atoms with Gasteiger partial charge in [0, 0.05) is 14.2 Å². The third-order valence-electron chi connectivity index (χ3n) is 2.56. The molecule has 0 bridgehead atoms. The van der Waals surface area contributed by atoms with Crippen LogP contribution in [0.1, 0.15) is 26.9 Å². The SMILES string of the molecule is Cc1ccc(C(N)c2ccc(C)s2)c(Br)c1. The Morgan fingerprint density at radius 2 is 1.94 bits per heavy atom. The van der Waals surface area contributed by atoms with Crippen LogP contribution in [0.15, 0.2) is 34.8 Å². The highest BCUT2D eigenvalue weighted by molar-refractivity contribution is 9.10. The van der Waals surface area contributed by atoms with Crippen molar-refractivity contribution in [2.24, 2.45) is 5.73 Å². The minimum Gasteiger partial charge on any atom is -0.320 e. The first-order valence-corrected chi connectivity index (χ1v) is 6.77. The summed E-state index contributed by atoms with van der Waals surface area (Å²) in [7, 11) is 0. The second-order valence-electron chi connectivity index (χ2n) is 3.95. The second kappa shape index (κ2) is 4.70. The fraction of sp³-hybridized carbons (Fsp3) is 0.231. The van der Waals surface area contributed by atoms with Crippen molar-refractivity contribution < 1.29 is 0 Å². The molecule has 2 aromatic rings. The molecule has 0 radical (unpaired) electrons. The number of thiophene rings is 1. The summed E-state index contributed by atoms with van der Waals surface area (Å²) >= 11 is 5.33. The van der Waals surface area contributed by atoms with E-state index in [4.69, 9.17) is 5.73 Å². The van der Waals surface area contributed by atoms with Crippen molar-refractivity contribution in [1.29, 1.82) is 0 Å². The van der Waals surface area contributed by atoms with Gasteiger partial charge in [-0.2, -0.15) is 0 Å². The Bertz CT molecular complexity index is 504. The predicted molar refractivity (Wildman–Crippen MR) is 74.0 cm³/mol. The summed E-state index contributed by atoms with van der Waals surface area (Å²) in [6.07, 6.45) is 0. The highest BCUT2D eigenvalue weighted by Gasteiger charge is 2.13. The lowest BCUT2D eigenvalue weighted by Gasteiger charge is -2.12. The highest BCUT2D eigenvalue weighted by Crippen LogP contribution is 2.31. The number of hydrogen-bond donors (Lipinski definition) is 1. The van der Waals surface area contributed by atoms with Gasteiger partial charge in [-0.25, -0.2) is 0 Å². The van der Waals surface area contributed by atoms with Gasteiger partial charge in [-0.1, -0.05) is 28.1 Å². The van der Waals surface area contributed by atoms with Crippen LogP contribution in [0.3, 0.4) is 0 Å². The van der Waals surface area contributed by atoms with E-state index in [1.54, 1.807) is 11.3 Å². The molecular weight excluding hydrogens is 282 g/mol. The van der Waals surface area contributed by atoms with Crippen molar-refractivity contribution in [2.45, 2.75) is 19.9 Å². The number of hydrogen-bond acceptors (Lipinski definition) is 2. The van der Waals surface area contributed by atoms with E-state index in [1.165, 1.54) is 15.3 Å². The van der Waals surface area contributed by atoms with Crippen molar-refractivity contribution in [3.05, 3.63) is 55.7 Å². The van der Waals surface area contributed by atoms with E-state index < -0.39 is 0 Å². The summed E-state index contributed by atoms with van der Waals surface area (Å²) in [6.45, 7) is 4.18.